The number of hydrogen-bond acceptors (Lipinski definition) is 4. The van der Waals surface area contributed by atoms with Crippen LogP contribution in [0.1, 0.15) is 40.7 Å². The second kappa shape index (κ2) is 10.4. The van der Waals surface area contributed by atoms with E-state index in [1.165, 1.54) is 36.0 Å². The fraction of sp³-hybridized carbons (Fsp3) is 0.147. The van der Waals surface area contributed by atoms with Crippen LogP contribution in [0.15, 0.2) is 91.5 Å². The number of nitrogens with zero attached hydrogens (tertiary/aromatic N) is 3. The highest BCUT2D eigenvalue weighted by Crippen LogP contribution is 2.33. The number of fused-ring (bicyclic) bond motifs is 1. The van der Waals surface area contributed by atoms with E-state index in [4.69, 9.17) is 9.97 Å². The van der Waals surface area contributed by atoms with Crippen LogP contribution in [0.3, 0.4) is 0 Å². The molecule has 0 amide bonds. The third kappa shape index (κ3) is 4.85. The third-order valence-electron chi connectivity index (χ3n) is 7.25. The van der Waals surface area contributed by atoms with Crippen molar-refractivity contribution in [2.75, 3.05) is 0 Å². The molecular weight excluding hydrogens is 466 g/mol. The molecule has 0 saturated carbocycles. The Hall–Kier alpha value is -4.57. The summed E-state index contributed by atoms with van der Waals surface area (Å²) in [5, 5.41) is 10.3. The standard InChI is InChI=1S/C34H29N3O/c1-23-17-30(22-36-33(23)31-10-4-5-11-32(31)38)34-27(19-29(21-37-34)28-9-6-16-35-20-28)15-13-24-12-14-25-7-2-3-8-26(25)18-24/h4-6,9-22,38H,2-3,7-8H2,1H3/b15-13+. The van der Waals surface area contributed by atoms with Gasteiger partial charge in [-0.1, -0.05) is 48.6 Å². The molecule has 6 rings (SSSR count). The quantitative estimate of drug-likeness (QED) is 0.269. The van der Waals surface area contributed by atoms with Gasteiger partial charge < -0.3 is 5.11 Å². The van der Waals surface area contributed by atoms with Crippen molar-refractivity contribution in [2.24, 2.45) is 0 Å². The fourth-order valence-electron chi connectivity index (χ4n) is 5.24. The summed E-state index contributed by atoms with van der Waals surface area (Å²) in [4.78, 5) is 13.9. The van der Waals surface area contributed by atoms with Gasteiger partial charge in [-0.3, -0.25) is 15.0 Å². The fourth-order valence-corrected chi connectivity index (χ4v) is 5.24. The molecule has 0 bridgehead atoms. The maximum atomic E-state index is 10.3. The lowest BCUT2D eigenvalue weighted by Gasteiger charge is -2.15. The Morgan fingerprint density at radius 1 is 0.711 bits per heavy atom. The summed E-state index contributed by atoms with van der Waals surface area (Å²) in [6.07, 6.45) is 16.6. The number of hydrogen-bond donors (Lipinski definition) is 1. The number of aryl methyl sites for hydroxylation is 3. The van der Waals surface area contributed by atoms with E-state index in [1.807, 2.05) is 55.8 Å². The molecule has 0 atom stereocenters. The van der Waals surface area contributed by atoms with E-state index >= 15 is 0 Å². The molecule has 4 heteroatoms. The SMILES string of the molecule is Cc1cc(-c2ncc(-c3cccnc3)cc2/C=C/c2ccc3c(c2)CCCC3)cnc1-c1ccccc1O. The van der Waals surface area contributed by atoms with Crippen LogP contribution in [0, 0.1) is 6.92 Å². The molecule has 0 spiro atoms. The van der Waals surface area contributed by atoms with Crippen LogP contribution in [-0.2, 0) is 12.8 Å². The molecule has 1 aliphatic rings. The monoisotopic (exact) mass is 495 g/mol. The first-order valence-corrected chi connectivity index (χ1v) is 13.1. The molecule has 3 aromatic heterocycles. The van der Waals surface area contributed by atoms with Gasteiger partial charge in [0, 0.05) is 52.6 Å². The van der Waals surface area contributed by atoms with Gasteiger partial charge >= 0.3 is 0 Å². The van der Waals surface area contributed by atoms with Crippen molar-refractivity contribution in [1.29, 1.82) is 0 Å². The van der Waals surface area contributed by atoms with Crippen LogP contribution in [0.2, 0.25) is 0 Å². The molecular formula is C34H29N3O. The Labute approximate surface area is 223 Å². The lowest BCUT2D eigenvalue weighted by atomic mass is 9.90. The molecule has 1 N–H and O–H groups in total. The maximum absolute atomic E-state index is 10.3. The van der Waals surface area contributed by atoms with E-state index in [9.17, 15) is 5.11 Å². The van der Waals surface area contributed by atoms with Crippen molar-refractivity contribution in [2.45, 2.75) is 32.6 Å². The minimum Gasteiger partial charge on any atom is -0.507 e. The van der Waals surface area contributed by atoms with Gasteiger partial charge in [-0.25, -0.2) is 0 Å². The average Bonchev–Trinajstić information content (AvgIpc) is 2.97. The molecule has 5 aromatic rings. The zero-order valence-electron chi connectivity index (χ0n) is 21.4. The zero-order valence-corrected chi connectivity index (χ0v) is 21.4. The van der Waals surface area contributed by atoms with E-state index in [0.717, 1.165) is 51.2 Å². The van der Waals surface area contributed by atoms with E-state index in [-0.39, 0.29) is 5.75 Å². The number of benzene rings is 2. The van der Waals surface area contributed by atoms with Gasteiger partial charge in [-0.2, -0.15) is 0 Å². The largest absolute Gasteiger partial charge is 0.507 e. The highest BCUT2D eigenvalue weighted by molar-refractivity contribution is 5.82. The van der Waals surface area contributed by atoms with Gasteiger partial charge in [-0.15, -0.1) is 0 Å². The number of para-hydroxylation sites is 1. The van der Waals surface area contributed by atoms with Gasteiger partial charge in [0.05, 0.1) is 11.4 Å². The molecule has 0 aliphatic heterocycles. The minimum absolute atomic E-state index is 0.225. The number of phenolic OH excluding ortho intramolecular Hbond substituents is 1. The number of aromatic hydroxyl groups is 1. The first kappa shape index (κ1) is 23.8. The van der Waals surface area contributed by atoms with Crippen LogP contribution in [0.4, 0.5) is 0 Å². The summed E-state index contributed by atoms with van der Waals surface area (Å²) >= 11 is 0. The molecule has 4 nitrogen and oxygen atoms in total. The summed E-state index contributed by atoms with van der Waals surface area (Å²) in [6.45, 7) is 2.02. The van der Waals surface area contributed by atoms with Crippen LogP contribution >= 0.6 is 0 Å². The second-order valence-corrected chi connectivity index (χ2v) is 9.88. The summed E-state index contributed by atoms with van der Waals surface area (Å²) in [7, 11) is 0. The smallest absolute Gasteiger partial charge is 0.124 e. The predicted octanol–water partition coefficient (Wildman–Crippen LogP) is 7.94. The predicted molar refractivity (Wildman–Crippen MR) is 155 cm³/mol. The van der Waals surface area contributed by atoms with E-state index in [2.05, 4.69) is 47.5 Å². The Kier molecular flexibility index (Phi) is 6.53. The van der Waals surface area contributed by atoms with Gasteiger partial charge in [0.25, 0.3) is 0 Å². The zero-order chi connectivity index (χ0) is 25.9. The van der Waals surface area contributed by atoms with Crippen molar-refractivity contribution >= 4 is 12.2 Å². The minimum atomic E-state index is 0.225. The van der Waals surface area contributed by atoms with Crippen LogP contribution in [0.25, 0.3) is 45.8 Å². The van der Waals surface area contributed by atoms with Crippen molar-refractivity contribution in [1.82, 2.24) is 15.0 Å². The van der Waals surface area contributed by atoms with Gasteiger partial charge in [0.2, 0.25) is 0 Å². The lowest BCUT2D eigenvalue weighted by Crippen LogP contribution is -2.02. The average molecular weight is 496 g/mol. The van der Waals surface area contributed by atoms with Crippen molar-refractivity contribution in [3.05, 3.63) is 119 Å². The third-order valence-corrected chi connectivity index (χ3v) is 7.25. The first-order chi connectivity index (χ1) is 18.7. The van der Waals surface area contributed by atoms with Gasteiger partial charge in [0.1, 0.15) is 5.75 Å². The number of phenols is 1. The Morgan fingerprint density at radius 2 is 1.53 bits per heavy atom. The molecule has 2 aromatic carbocycles. The van der Waals surface area contributed by atoms with Gasteiger partial charge in [0.15, 0.2) is 0 Å². The van der Waals surface area contributed by atoms with E-state index in [1.54, 1.807) is 12.3 Å². The summed E-state index contributed by atoms with van der Waals surface area (Å²) in [6, 6.07) is 22.4. The summed E-state index contributed by atoms with van der Waals surface area (Å²) in [5.74, 6) is 0.225. The highest BCUT2D eigenvalue weighted by atomic mass is 16.3. The number of aromatic nitrogens is 3. The maximum Gasteiger partial charge on any atom is 0.124 e. The summed E-state index contributed by atoms with van der Waals surface area (Å²) < 4.78 is 0. The Bertz CT molecular complexity index is 1640. The van der Waals surface area contributed by atoms with Crippen LogP contribution in [-0.4, -0.2) is 20.1 Å². The van der Waals surface area contributed by atoms with Crippen LogP contribution < -0.4 is 0 Å². The van der Waals surface area contributed by atoms with Crippen molar-refractivity contribution in [3.63, 3.8) is 0 Å². The Balaban J connectivity index is 1.41. The lowest BCUT2D eigenvalue weighted by molar-refractivity contribution is 0.477. The highest BCUT2D eigenvalue weighted by Gasteiger charge is 2.14. The number of pyridine rings is 3. The molecule has 0 radical (unpaired) electrons. The topological polar surface area (TPSA) is 58.9 Å². The first-order valence-electron chi connectivity index (χ1n) is 13.1. The summed E-state index contributed by atoms with van der Waals surface area (Å²) in [5.41, 5.74) is 11.5. The van der Waals surface area contributed by atoms with Crippen molar-refractivity contribution < 1.29 is 5.11 Å². The molecule has 0 unspecified atom stereocenters. The normalized spacial score (nSPS) is 13.0. The van der Waals surface area contributed by atoms with Crippen LogP contribution in [0.5, 0.6) is 5.75 Å². The molecule has 38 heavy (non-hydrogen) atoms. The molecule has 3 heterocycles. The molecule has 186 valence electrons. The molecule has 0 fully saturated rings. The van der Waals surface area contributed by atoms with E-state index < -0.39 is 0 Å². The van der Waals surface area contributed by atoms with Gasteiger partial charge in [-0.05, 0) is 85.2 Å². The molecule has 1 aliphatic carbocycles. The van der Waals surface area contributed by atoms with Crippen molar-refractivity contribution in [3.8, 4) is 39.4 Å². The van der Waals surface area contributed by atoms with E-state index in [0.29, 0.717) is 0 Å². The second-order valence-electron chi connectivity index (χ2n) is 9.88. The molecule has 0 saturated heterocycles. The Morgan fingerprint density at radius 3 is 2.34 bits per heavy atom. The number of rotatable bonds is 5.